The molecule has 0 saturated carbocycles. The van der Waals surface area contributed by atoms with E-state index in [0.717, 1.165) is 5.56 Å². The first kappa shape index (κ1) is 18.4. The van der Waals surface area contributed by atoms with Crippen molar-refractivity contribution >= 4 is 34.7 Å². The van der Waals surface area contributed by atoms with Crippen LogP contribution < -0.4 is 10.6 Å². The maximum atomic E-state index is 12.7. The topological polar surface area (TPSA) is 84.2 Å². The van der Waals surface area contributed by atoms with Gasteiger partial charge in [-0.25, -0.2) is 4.98 Å². The monoisotopic (exact) mass is 363 g/mol. The highest BCUT2D eigenvalue weighted by atomic mass is 16.3. The summed E-state index contributed by atoms with van der Waals surface area (Å²) in [5.74, 6) is 0.0915. The molecule has 2 amide bonds. The number of benzene rings is 2. The molecule has 0 unspecified atom stereocenters. The van der Waals surface area contributed by atoms with Crippen LogP contribution in [0.15, 0.2) is 58.6 Å². The molecule has 0 fully saturated rings. The third-order valence-corrected chi connectivity index (χ3v) is 3.82. The van der Waals surface area contributed by atoms with Crippen molar-refractivity contribution < 1.29 is 14.0 Å². The largest absolute Gasteiger partial charge is 0.440 e. The molecule has 1 aromatic heterocycles. The molecule has 2 N–H and O–H groups in total. The molecule has 3 aromatic rings. The second-order valence-electron chi connectivity index (χ2n) is 6.49. The van der Waals surface area contributed by atoms with E-state index in [9.17, 15) is 9.59 Å². The number of carbonyl (C=O) groups is 2. The van der Waals surface area contributed by atoms with Gasteiger partial charge >= 0.3 is 0 Å². The summed E-state index contributed by atoms with van der Waals surface area (Å²) in [6, 6.07) is 14.6. The first-order valence-electron chi connectivity index (χ1n) is 8.68. The van der Waals surface area contributed by atoms with Gasteiger partial charge in [0.1, 0.15) is 11.2 Å². The van der Waals surface area contributed by atoms with E-state index in [4.69, 9.17) is 4.42 Å². The van der Waals surface area contributed by atoms with Crippen LogP contribution in [0.2, 0.25) is 0 Å². The van der Waals surface area contributed by atoms with Gasteiger partial charge in [-0.2, -0.15) is 0 Å². The molecule has 6 heteroatoms. The van der Waals surface area contributed by atoms with E-state index in [1.54, 1.807) is 24.3 Å². The number of oxazole rings is 1. The Hall–Kier alpha value is -3.41. The Morgan fingerprint density at radius 2 is 1.85 bits per heavy atom. The van der Waals surface area contributed by atoms with Crippen LogP contribution in [0.1, 0.15) is 38.1 Å². The van der Waals surface area contributed by atoms with E-state index in [0.29, 0.717) is 22.7 Å². The van der Waals surface area contributed by atoms with Gasteiger partial charge in [-0.1, -0.05) is 44.2 Å². The second kappa shape index (κ2) is 7.86. The highest BCUT2D eigenvalue weighted by Gasteiger charge is 2.14. The minimum atomic E-state index is -0.416. The third kappa shape index (κ3) is 4.61. The Bertz CT molecular complexity index is 1000. The van der Waals surface area contributed by atoms with E-state index >= 15 is 0 Å². The Labute approximate surface area is 157 Å². The summed E-state index contributed by atoms with van der Waals surface area (Å²) >= 11 is 0. The molecule has 6 nitrogen and oxygen atoms in total. The number of hydrogen-bond donors (Lipinski definition) is 2. The molecule has 0 atom stereocenters. The predicted octanol–water partition coefficient (Wildman–Crippen LogP) is 4.07. The fourth-order valence-corrected chi connectivity index (χ4v) is 2.53. The third-order valence-electron chi connectivity index (χ3n) is 3.82. The van der Waals surface area contributed by atoms with Gasteiger partial charge in [0.2, 0.25) is 5.91 Å². The highest BCUT2D eigenvalue weighted by Crippen LogP contribution is 2.24. The summed E-state index contributed by atoms with van der Waals surface area (Å²) in [6.45, 7) is 5.37. The van der Waals surface area contributed by atoms with Crippen LogP contribution in [0.5, 0.6) is 0 Å². The average Bonchev–Trinajstić information content (AvgIpc) is 3.05. The van der Waals surface area contributed by atoms with E-state index in [1.807, 2.05) is 44.2 Å². The van der Waals surface area contributed by atoms with Gasteiger partial charge in [0.25, 0.3) is 5.91 Å². The van der Waals surface area contributed by atoms with Gasteiger partial charge in [0, 0.05) is 18.5 Å². The maximum Gasteiger partial charge on any atom is 0.272 e. The average molecular weight is 363 g/mol. The van der Waals surface area contributed by atoms with E-state index in [1.165, 1.54) is 6.92 Å². The maximum absolute atomic E-state index is 12.7. The lowest BCUT2D eigenvalue weighted by molar-refractivity contribution is -0.120. The van der Waals surface area contributed by atoms with Gasteiger partial charge in [-0.05, 0) is 29.8 Å². The number of carbonyl (C=O) groups excluding carboxylic acids is 2. The Balaban J connectivity index is 1.85. The molecule has 1 heterocycles. The van der Waals surface area contributed by atoms with Crippen LogP contribution in [0.3, 0.4) is 0 Å². The predicted molar refractivity (Wildman–Crippen MR) is 105 cm³/mol. The molecular weight excluding hydrogens is 342 g/mol. The quantitative estimate of drug-likeness (QED) is 0.669. The van der Waals surface area contributed by atoms with Crippen molar-refractivity contribution in [1.29, 1.82) is 0 Å². The first-order chi connectivity index (χ1) is 12.9. The lowest BCUT2D eigenvalue weighted by Crippen LogP contribution is -2.28. The van der Waals surface area contributed by atoms with Crippen LogP contribution in [0, 0.1) is 0 Å². The summed E-state index contributed by atoms with van der Waals surface area (Å²) in [5, 5.41) is 5.38. The lowest BCUT2D eigenvalue weighted by atomic mass is 10.2. The zero-order valence-corrected chi connectivity index (χ0v) is 15.4. The molecule has 0 bridgehead atoms. The molecule has 0 saturated heterocycles. The number of aromatic nitrogens is 1. The van der Waals surface area contributed by atoms with Crippen molar-refractivity contribution in [2.45, 2.75) is 26.7 Å². The van der Waals surface area contributed by atoms with Crippen LogP contribution in [0.25, 0.3) is 17.2 Å². The molecule has 138 valence electrons. The Morgan fingerprint density at radius 3 is 2.52 bits per heavy atom. The molecule has 0 aliphatic heterocycles. The van der Waals surface area contributed by atoms with Crippen molar-refractivity contribution in [2.75, 3.05) is 5.32 Å². The number of fused-ring (bicyclic) bond motifs is 1. The fourth-order valence-electron chi connectivity index (χ4n) is 2.53. The van der Waals surface area contributed by atoms with Gasteiger partial charge in [0.15, 0.2) is 11.5 Å². The molecule has 0 radical (unpaired) electrons. The number of rotatable bonds is 5. The van der Waals surface area contributed by atoms with Crippen molar-refractivity contribution in [3.05, 3.63) is 65.7 Å². The minimum absolute atomic E-state index is 0.164. The van der Waals surface area contributed by atoms with Crippen molar-refractivity contribution in [3.8, 4) is 0 Å². The summed E-state index contributed by atoms with van der Waals surface area (Å²) < 4.78 is 5.68. The molecule has 0 aliphatic carbocycles. The lowest BCUT2D eigenvalue weighted by Gasteiger charge is -2.09. The van der Waals surface area contributed by atoms with Crippen molar-refractivity contribution in [1.82, 2.24) is 10.3 Å². The summed E-state index contributed by atoms with van der Waals surface area (Å²) in [5.41, 5.74) is 2.88. The fraction of sp³-hybridized carbons (Fsp3) is 0.190. The Morgan fingerprint density at radius 1 is 1.11 bits per heavy atom. The van der Waals surface area contributed by atoms with E-state index in [2.05, 4.69) is 15.6 Å². The number of hydrogen-bond acceptors (Lipinski definition) is 4. The standard InChI is InChI=1S/C21H21N3O3/c1-13(2)21-24-17-12-16(9-10-19(17)27-21)23-20(26)18(22-14(3)25)11-15-7-5-4-6-8-15/h4-13H,1-3H3,(H,22,25)(H,23,26)/b18-11-. The minimum Gasteiger partial charge on any atom is -0.440 e. The van der Waals surface area contributed by atoms with Crippen LogP contribution in [0.4, 0.5) is 5.69 Å². The second-order valence-corrected chi connectivity index (χ2v) is 6.49. The normalized spacial score (nSPS) is 11.6. The van der Waals surface area contributed by atoms with Crippen LogP contribution in [-0.2, 0) is 9.59 Å². The number of anilines is 1. The summed E-state index contributed by atoms with van der Waals surface area (Å²) in [6.07, 6.45) is 1.63. The zero-order chi connectivity index (χ0) is 19.4. The van der Waals surface area contributed by atoms with E-state index in [-0.39, 0.29) is 17.5 Å². The summed E-state index contributed by atoms with van der Waals surface area (Å²) in [4.78, 5) is 28.6. The molecule has 3 rings (SSSR count). The van der Waals surface area contributed by atoms with E-state index < -0.39 is 5.91 Å². The van der Waals surface area contributed by atoms with Crippen LogP contribution >= 0.6 is 0 Å². The molecule has 2 aromatic carbocycles. The SMILES string of the molecule is CC(=O)N/C(=C\c1ccccc1)C(=O)Nc1ccc2oc(C(C)C)nc2c1. The first-order valence-corrected chi connectivity index (χ1v) is 8.68. The molecular formula is C21H21N3O3. The molecule has 0 spiro atoms. The van der Waals surface area contributed by atoms with Crippen LogP contribution in [-0.4, -0.2) is 16.8 Å². The Kier molecular flexibility index (Phi) is 5.35. The smallest absolute Gasteiger partial charge is 0.272 e. The molecule has 0 aliphatic rings. The number of amides is 2. The summed E-state index contributed by atoms with van der Waals surface area (Å²) in [7, 11) is 0. The van der Waals surface area contributed by atoms with Crippen molar-refractivity contribution in [2.24, 2.45) is 0 Å². The van der Waals surface area contributed by atoms with Gasteiger partial charge in [0.05, 0.1) is 0 Å². The van der Waals surface area contributed by atoms with Gasteiger partial charge < -0.3 is 15.1 Å². The molecule has 27 heavy (non-hydrogen) atoms. The zero-order valence-electron chi connectivity index (χ0n) is 15.4. The van der Waals surface area contributed by atoms with Crippen molar-refractivity contribution in [3.63, 3.8) is 0 Å². The number of nitrogens with zero attached hydrogens (tertiary/aromatic N) is 1. The van der Waals surface area contributed by atoms with Gasteiger partial charge in [-0.3, -0.25) is 9.59 Å². The van der Waals surface area contributed by atoms with Gasteiger partial charge in [-0.15, -0.1) is 0 Å². The number of nitrogens with one attached hydrogen (secondary N) is 2. The highest BCUT2D eigenvalue weighted by molar-refractivity contribution is 6.08.